The van der Waals surface area contributed by atoms with Gasteiger partial charge in [-0.2, -0.15) is 0 Å². The molecule has 0 aromatic heterocycles. The van der Waals surface area contributed by atoms with Gasteiger partial charge >= 0.3 is 5.97 Å². The van der Waals surface area contributed by atoms with Crippen LogP contribution in [0.1, 0.15) is 26.7 Å². The van der Waals surface area contributed by atoms with Crippen LogP contribution in [0.2, 0.25) is 0 Å². The van der Waals surface area contributed by atoms with Gasteiger partial charge in [-0.25, -0.2) is 0 Å². The standard InChI is InChI=1S/C7H13O2/c1-3-5-6-7(8)9-4-2/h6H,3-5H2,1-2H3. The first-order chi connectivity index (χ1) is 4.31. The molecule has 0 aromatic carbocycles. The van der Waals surface area contributed by atoms with Crippen LogP contribution in [-0.4, -0.2) is 12.6 Å². The Morgan fingerprint density at radius 2 is 2.22 bits per heavy atom. The minimum absolute atomic E-state index is 0.195. The second kappa shape index (κ2) is 5.60. The van der Waals surface area contributed by atoms with Gasteiger partial charge in [-0.15, -0.1) is 0 Å². The third kappa shape index (κ3) is 5.34. The lowest BCUT2D eigenvalue weighted by molar-refractivity contribution is -0.139. The highest BCUT2D eigenvalue weighted by atomic mass is 16.5. The van der Waals surface area contributed by atoms with Gasteiger partial charge in [0.25, 0.3) is 0 Å². The van der Waals surface area contributed by atoms with Crippen molar-refractivity contribution in [1.82, 2.24) is 0 Å². The SMILES string of the molecule is CCC[CH]C(=O)OCC. The van der Waals surface area contributed by atoms with E-state index in [9.17, 15) is 4.79 Å². The summed E-state index contributed by atoms with van der Waals surface area (Å²) in [5.74, 6) is -0.195. The quantitative estimate of drug-likeness (QED) is 0.538. The molecule has 0 aliphatic carbocycles. The zero-order valence-corrected chi connectivity index (χ0v) is 6.02. The molecule has 1 radical (unpaired) electrons. The van der Waals surface area contributed by atoms with Gasteiger partial charge in [0.15, 0.2) is 0 Å². The zero-order chi connectivity index (χ0) is 7.11. The number of hydrogen-bond donors (Lipinski definition) is 0. The molecule has 0 heterocycles. The minimum Gasteiger partial charge on any atom is -0.466 e. The average Bonchev–Trinajstić information content (AvgIpc) is 1.85. The van der Waals surface area contributed by atoms with E-state index >= 15 is 0 Å². The van der Waals surface area contributed by atoms with Crippen LogP contribution in [0, 0.1) is 6.42 Å². The van der Waals surface area contributed by atoms with E-state index in [1.54, 1.807) is 13.3 Å². The van der Waals surface area contributed by atoms with Crippen molar-refractivity contribution in [2.24, 2.45) is 0 Å². The molecule has 0 saturated heterocycles. The maximum Gasteiger partial charge on any atom is 0.309 e. The third-order valence-electron chi connectivity index (χ3n) is 0.886. The van der Waals surface area contributed by atoms with Crippen LogP contribution >= 0.6 is 0 Å². The first kappa shape index (κ1) is 8.47. The molecule has 9 heavy (non-hydrogen) atoms. The van der Waals surface area contributed by atoms with E-state index in [4.69, 9.17) is 0 Å². The van der Waals surface area contributed by atoms with Gasteiger partial charge < -0.3 is 4.74 Å². The Hall–Kier alpha value is -0.530. The monoisotopic (exact) mass is 129 g/mol. The molecule has 0 aliphatic heterocycles. The van der Waals surface area contributed by atoms with E-state index in [1.165, 1.54) is 0 Å². The molecule has 0 spiro atoms. The predicted molar refractivity (Wildman–Crippen MR) is 35.8 cm³/mol. The number of ether oxygens (including phenoxy) is 1. The molecule has 0 amide bonds. The van der Waals surface area contributed by atoms with E-state index in [1.807, 2.05) is 6.92 Å². The molecule has 53 valence electrons. The summed E-state index contributed by atoms with van der Waals surface area (Å²) >= 11 is 0. The maximum absolute atomic E-state index is 10.5. The largest absolute Gasteiger partial charge is 0.466 e. The molecule has 2 heteroatoms. The second-order valence-electron chi connectivity index (χ2n) is 1.74. The first-order valence-corrected chi connectivity index (χ1v) is 3.31. The van der Waals surface area contributed by atoms with Gasteiger partial charge in [0, 0.05) is 0 Å². The summed E-state index contributed by atoms with van der Waals surface area (Å²) < 4.78 is 4.65. The third-order valence-corrected chi connectivity index (χ3v) is 0.886. The molecule has 0 unspecified atom stereocenters. The Bertz CT molecular complexity index is 79.0. The number of esters is 1. The summed E-state index contributed by atoms with van der Waals surface area (Å²) in [5.41, 5.74) is 0. The molecule has 0 N–H and O–H groups in total. The summed E-state index contributed by atoms with van der Waals surface area (Å²) in [5, 5.41) is 0. The van der Waals surface area contributed by atoms with Crippen molar-refractivity contribution in [2.45, 2.75) is 26.7 Å². The van der Waals surface area contributed by atoms with Crippen LogP contribution in [0.15, 0.2) is 0 Å². The number of carbonyl (C=O) groups is 1. The lowest BCUT2D eigenvalue weighted by Crippen LogP contribution is -2.03. The summed E-state index contributed by atoms with van der Waals surface area (Å²) in [6.45, 7) is 4.30. The lowest BCUT2D eigenvalue weighted by atomic mass is 10.3. The summed E-state index contributed by atoms with van der Waals surface area (Å²) in [7, 11) is 0. The molecular weight excluding hydrogens is 116 g/mol. The van der Waals surface area contributed by atoms with Crippen LogP contribution in [0.25, 0.3) is 0 Å². The van der Waals surface area contributed by atoms with Gasteiger partial charge in [-0.1, -0.05) is 13.3 Å². The first-order valence-electron chi connectivity index (χ1n) is 3.31. The van der Waals surface area contributed by atoms with Gasteiger partial charge in [0.1, 0.15) is 0 Å². The molecule has 0 atom stereocenters. The van der Waals surface area contributed by atoms with Crippen molar-refractivity contribution >= 4 is 5.97 Å². The number of unbranched alkanes of at least 4 members (excludes halogenated alkanes) is 1. The fourth-order valence-corrected chi connectivity index (χ4v) is 0.463. The Kier molecular flexibility index (Phi) is 5.27. The molecule has 2 nitrogen and oxygen atoms in total. The summed E-state index contributed by atoms with van der Waals surface area (Å²) in [6.07, 6.45) is 3.39. The normalized spacial score (nSPS) is 9.11. The molecule has 0 aliphatic rings. The van der Waals surface area contributed by atoms with E-state index in [0.29, 0.717) is 6.61 Å². The molecule has 0 rings (SSSR count). The molecule has 0 aromatic rings. The van der Waals surface area contributed by atoms with Crippen molar-refractivity contribution in [1.29, 1.82) is 0 Å². The minimum atomic E-state index is -0.195. The number of hydrogen-bond acceptors (Lipinski definition) is 2. The molecular formula is C7H13O2. The van der Waals surface area contributed by atoms with Crippen LogP contribution in [-0.2, 0) is 9.53 Å². The molecule has 0 fully saturated rings. The number of rotatable bonds is 4. The van der Waals surface area contributed by atoms with Crippen molar-refractivity contribution in [3.8, 4) is 0 Å². The maximum atomic E-state index is 10.5. The van der Waals surface area contributed by atoms with E-state index in [-0.39, 0.29) is 5.97 Å². The topological polar surface area (TPSA) is 26.3 Å². The predicted octanol–water partition coefficient (Wildman–Crippen LogP) is 1.55. The van der Waals surface area contributed by atoms with Crippen molar-refractivity contribution in [3.05, 3.63) is 6.42 Å². The van der Waals surface area contributed by atoms with E-state index < -0.39 is 0 Å². The van der Waals surface area contributed by atoms with Crippen molar-refractivity contribution in [3.63, 3.8) is 0 Å². The molecule has 0 bridgehead atoms. The zero-order valence-electron chi connectivity index (χ0n) is 6.02. The van der Waals surface area contributed by atoms with Gasteiger partial charge in [-0.3, -0.25) is 4.79 Å². The Labute approximate surface area is 56.2 Å². The Morgan fingerprint density at radius 3 is 2.67 bits per heavy atom. The Morgan fingerprint density at radius 1 is 1.56 bits per heavy atom. The van der Waals surface area contributed by atoms with Crippen molar-refractivity contribution in [2.75, 3.05) is 6.61 Å². The van der Waals surface area contributed by atoms with E-state index in [0.717, 1.165) is 12.8 Å². The number of carbonyl (C=O) groups excluding carboxylic acids is 1. The highest BCUT2D eigenvalue weighted by Gasteiger charge is 1.98. The van der Waals surface area contributed by atoms with Crippen LogP contribution in [0.5, 0.6) is 0 Å². The van der Waals surface area contributed by atoms with Gasteiger partial charge in [0.2, 0.25) is 0 Å². The molecule has 0 saturated carbocycles. The van der Waals surface area contributed by atoms with Gasteiger partial charge in [0.05, 0.1) is 13.0 Å². The lowest BCUT2D eigenvalue weighted by Gasteiger charge is -1.97. The fourth-order valence-electron chi connectivity index (χ4n) is 0.463. The van der Waals surface area contributed by atoms with Crippen molar-refractivity contribution < 1.29 is 9.53 Å². The Balaban J connectivity index is 3.06. The van der Waals surface area contributed by atoms with E-state index in [2.05, 4.69) is 4.74 Å². The van der Waals surface area contributed by atoms with Crippen LogP contribution in [0.4, 0.5) is 0 Å². The summed E-state index contributed by atoms with van der Waals surface area (Å²) in [4.78, 5) is 10.5. The second-order valence-corrected chi connectivity index (χ2v) is 1.74. The highest BCUT2D eigenvalue weighted by molar-refractivity contribution is 5.78. The fraction of sp³-hybridized carbons (Fsp3) is 0.714. The van der Waals surface area contributed by atoms with Crippen LogP contribution < -0.4 is 0 Å². The smallest absolute Gasteiger partial charge is 0.309 e. The van der Waals surface area contributed by atoms with Crippen LogP contribution in [0.3, 0.4) is 0 Å². The highest BCUT2D eigenvalue weighted by Crippen LogP contribution is 1.93. The summed E-state index contributed by atoms with van der Waals surface area (Å²) in [6, 6.07) is 0. The average molecular weight is 129 g/mol. The van der Waals surface area contributed by atoms with Gasteiger partial charge in [-0.05, 0) is 13.3 Å².